The lowest BCUT2D eigenvalue weighted by Gasteiger charge is -2.11. The Kier molecular flexibility index (Phi) is 4.58. The minimum absolute atomic E-state index is 0.0391. The Morgan fingerprint density at radius 3 is 1.26 bits per heavy atom. The van der Waals surface area contributed by atoms with Crippen LogP contribution in [-0.4, -0.2) is 29.9 Å². The summed E-state index contributed by atoms with van der Waals surface area (Å²) in [7, 11) is 0. The van der Waals surface area contributed by atoms with E-state index in [1.54, 1.807) is 24.3 Å². The van der Waals surface area contributed by atoms with Crippen LogP contribution in [0.5, 0.6) is 0 Å². The molecule has 0 bridgehead atoms. The van der Waals surface area contributed by atoms with Gasteiger partial charge in [-0.25, -0.2) is 34.3 Å². The van der Waals surface area contributed by atoms with Crippen LogP contribution in [0.1, 0.15) is 13.7 Å². The lowest BCUT2D eigenvalue weighted by molar-refractivity contribution is 0.630. The van der Waals surface area contributed by atoms with Crippen LogP contribution in [0.2, 0.25) is 0 Å². The molecule has 7 heteroatoms. The molecule has 0 aliphatic heterocycles. The summed E-state index contributed by atoms with van der Waals surface area (Å²) in [5, 5.41) is 0. The number of halogens is 1. The highest BCUT2D eigenvalue weighted by Gasteiger charge is 2.18. The Balaban J connectivity index is 1.49. The average molecular weight is 569 g/mol. The topological polar surface area (TPSA) is 77.3 Å². The second-order valence-corrected chi connectivity index (χ2v) is 9.04. The van der Waals surface area contributed by atoms with Crippen molar-refractivity contribution in [1.82, 2.24) is 29.9 Å². The van der Waals surface area contributed by atoms with E-state index < -0.39 is 89.0 Å². The molecule has 0 amide bonds. The van der Waals surface area contributed by atoms with E-state index in [1.165, 1.54) is 12.1 Å². The van der Waals surface area contributed by atoms with Gasteiger partial charge in [-0.2, -0.15) is 0 Å². The second kappa shape index (κ2) is 11.5. The summed E-state index contributed by atoms with van der Waals surface area (Å²) in [5.41, 5.74) is 0.478. The summed E-state index contributed by atoms with van der Waals surface area (Å²) in [4.78, 5) is 27.0. The molecular formula is C36H23FN6. The van der Waals surface area contributed by atoms with Gasteiger partial charge in [-0.3, -0.25) is 0 Å². The third kappa shape index (κ3) is 5.52. The van der Waals surface area contributed by atoms with Gasteiger partial charge in [0.2, 0.25) is 0 Å². The molecule has 204 valence electrons. The van der Waals surface area contributed by atoms with Crippen LogP contribution >= 0.6 is 0 Å². The highest BCUT2D eigenvalue weighted by atomic mass is 19.1. The van der Waals surface area contributed by atoms with Crippen molar-refractivity contribution < 1.29 is 18.1 Å². The first-order valence-corrected chi connectivity index (χ1v) is 12.9. The van der Waals surface area contributed by atoms with E-state index in [4.69, 9.17) is 13.7 Å². The molecule has 6 nitrogen and oxygen atoms in total. The molecule has 5 aromatic carbocycles. The Morgan fingerprint density at radius 1 is 0.395 bits per heavy atom. The maximum atomic E-state index is 15.8. The van der Waals surface area contributed by atoms with Crippen molar-refractivity contribution in [3.8, 4) is 68.3 Å². The zero-order valence-electron chi connectivity index (χ0n) is 32.1. The standard InChI is InChI=1S/C36H23FN6/c37-30-22-21-28(35-40-31(24-13-5-1-6-14-24)38-32(41-35)25-15-7-2-8-16-25)23-29(30)36-42-33(26-17-9-3-10-18-26)39-34(43-36)27-19-11-4-12-20-27/h1-23H/i1D,2D,5D,6D,7D,8D,13D,14D,15D,16D. The van der Waals surface area contributed by atoms with E-state index in [-0.39, 0.29) is 34.4 Å². The molecule has 0 N–H and O–H groups in total. The predicted octanol–water partition coefficient (Wildman–Crippen LogP) is 8.20. The van der Waals surface area contributed by atoms with Crippen molar-refractivity contribution in [1.29, 1.82) is 0 Å². The number of hydrogen-bond acceptors (Lipinski definition) is 6. The van der Waals surface area contributed by atoms with Gasteiger partial charge in [-0.15, -0.1) is 0 Å². The molecule has 0 saturated carbocycles. The summed E-state index contributed by atoms with van der Waals surface area (Å²) in [6.07, 6.45) is 0. The van der Waals surface area contributed by atoms with Crippen LogP contribution in [0, 0.1) is 5.82 Å². The van der Waals surface area contributed by atoms with E-state index in [9.17, 15) is 0 Å². The lowest BCUT2D eigenvalue weighted by atomic mass is 10.1. The third-order valence-electron chi connectivity index (χ3n) is 6.25. The molecule has 0 fully saturated rings. The highest BCUT2D eigenvalue weighted by molar-refractivity contribution is 5.72. The minimum Gasteiger partial charge on any atom is -0.208 e. The van der Waals surface area contributed by atoms with Gasteiger partial charge in [0.15, 0.2) is 34.9 Å². The molecule has 0 aliphatic rings. The van der Waals surface area contributed by atoms with Gasteiger partial charge in [-0.1, -0.05) is 121 Å². The van der Waals surface area contributed by atoms with Crippen LogP contribution in [0.25, 0.3) is 68.3 Å². The fourth-order valence-electron chi connectivity index (χ4n) is 4.22. The van der Waals surface area contributed by atoms with Gasteiger partial charge in [0, 0.05) is 27.8 Å². The normalized spacial score (nSPS) is 14.2. The van der Waals surface area contributed by atoms with Gasteiger partial charge >= 0.3 is 0 Å². The van der Waals surface area contributed by atoms with Gasteiger partial charge in [0.1, 0.15) is 5.82 Å². The SMILES string of the molecule is [2H]c1c([2H])c([2H])c(-c2nc(-c3ccc(F)c(-c4nc(-c5ccccc5)nc(-c5ccccc5)n4)c3)nc(-c3c([2H])c([2H])c([2H])c([2H])c3[2H])n2)c([2H])c1[2H]. The fraction of sp³-hybridized carbons (Fsp3) is 0. The summed E-state index contributed by atoms with van der Waals surface area (Å²) >= 11 is 0. The molecule has 0 unspecified atom stereocenters. The zero-order valence-corrected chi connectivity index (χ0v) is 22.1. The molecule has 0 atom stereocenters. The highest BCUT2D eigenvalue weighted by Crippen LogP contribution is 2.30. The fourth-order valence-corrected chi connectivity index (χ4v) is 4.22. The molecule has 0 radical (unpaired) electrons. The van der Waals surface area contributed by atoms with E-state index in [0.29, 0.717) is 11.1 Å². The Bertz CT molecular complexity index is 2390. The zero-order chi connectivity index (χ0) is 37.7. The monoisotopic (exact) mass is 568 g/mol. The first-order valence-electron chi connectivity index (χ1n) is 17.9. The molecule has 7 rings (SSSR count). The smallest absolute Gasteiger partial charge is 0.167 e. The van der Waals surface area contributed by atoms with E-state index in [0.717, 1.165) is 6.07 Å². The molecule has 0 saturated heterocycles. The number of aromatic nitrogens is 6. The van der Waals surface area contributed by atoms with Crippen molar-refractivity contribution in [3.05, 3.63) is 145 Å². The van der Waals surface area contributed by atoms with Crippen LogP contribution in [0.4, 0.5) is 4.39 Å². The number of rotatable bonds is 6. The molecule has 2 heterocycles. The number of hydrogen-bond donors (Lipinski definition) is 0. The Labute approximate surface area is 261 Å². The number of nitrogens with zero attached hydrogens (tertiary/aromatic N) is 6. The van der Waals surface area contributed by atoms with E-state index in [1.807, 2.05) is 36.4 Å². The predicted molar refractivity (Wildman–Crippen MR) is 166 cm³/mol. The van der Waals surface area contributed by atoms with Crippen molar-refractivity contribution in [3.63, 3.8) is 0 Å². The first-order chi connectivity index (χ1) is 25.3. The van der Waals surface area contributed by atoms with Crippen molar-refractivity contribution in [2.24, 2.45) is 0 Å². The van der Waals surface area contributed by atoms with E-state index >= 15 is 4.39 Å². The summed E-state index contributed by atoms with van der Waals surface area (Å²) in [6, 6.07) is 15.3. The Morgan fingerprint density at radius 2 is 0.791 bits per heavy atom. The van der Waals surface area contributed by atoms with Gasteiger partial charge < -0.3 is 0 Å². The Hall–Kier alpha value is -5.95. The quantitative estimate of drug-likeness (QED) is 0.201. The van der Waals surface area contributed by atoms with Crippen molar-refractivity contribution in [2.45, 2.75) is 0 Å². The maximum Gasteiger partial charge on any atom is 0.167 e. The molecular weight excluding hydrogens is 535 g/mol. The van der Waals surface area contributed by atoms with Crippen molar-refractivity contribution >= 4 is 0 Å². The summed E-state index contributed by atoms with van der Waals surface area (Å²) < 4.78 is 98.9. The van der Waals surface area contributed by atoms with Crippen LogP contribution < -0.4 is 0 Å². The lowest BCUT2D eigenvalue weighted by Crippen LogP contribution is -2.03. The van der Waals surface area contributed by atoms with Crippen molar-refractivity contribution in [2.75, 3.05) is 0 Å². The molecule has 0 aliphatic carbocycles. The van der Waals surface area contributed by atoms with Crippen LogP contribution in [-0.2, 0) is 0 Å². The molecule has 2 aromatic heterocycles. The van der Waals surface area contributed by atoms with Crippen LogP contribution in [0.15, 0.2) is 139 Å². The maximum absolute atomic E-state index is 15.8. The summed E-state index contributed by atoms with van der Waals surface area (Å²) in [6.45, 7) is 0. The first kappa shape index (κ1) is 17.1. The molecule has 43 heavy (non-hydrogen) atoms. The second-order valence-electron chi connectivity index (χ2n) is 9.04. The van der Waals surface area contributed by atoms with Gasteiger partial charge in [-0.05, 0) is 18.2 Å². The average Bonchev–Trinajstić information content (AvgIpc) is 3.18. The molecule has 0 spiro atoms. The largest absolute Gasteiger partial charge is 0.208 e. The minimum atomic E-state index is -0.719. The van der Waals surface area contributed by atoms with Gasteiger partial charge in [0.25, 0.3) is 0 Å². The van der Waals surface area contributed by atoms with Crippen LogP contribution in [0.3, 0.4) is 0 Å². The third-order valence-corrected chi connectivity index (χ3v) is 6.25. The summed E-state index contributed by atoms with van der Waals surface area (Å²) in [5.74, 6) is -1.34. The van der Waals surface area contributed by atoms with E-state index in [2.05, 4.69) is 29.9 Å². The molecule has 7 aromatic rings. The van der Waals surface area contributed by atoms with Gasteiger partial charge in [0.05, 0.1) is 19.3 Å². The number of benzene rings is 5.